The van der Waals surface area contributed by atoms with Gasteiger partial charge in [0.2, 0.25) is 5.88 Å². The number of unbranched alkanes of at least 4 members (excludes halogenated alkanes) is 2. The summed E-state index contributed by atoms with van der Waals surface area (Å²) in [5.41, 5.74) is -0.726. The molecular formula is C22H40N2O5. The maximum Gasteiger partial charge on any atom is 0.331 e. The van der Waals surface area contributed by atoms with E-state index in [-0.39, 0.29) is 17.0 Å². The lowest BCUT2D eigenvalue weighted by molar-refractivity contribution is -0.147. The van der Waals surface area contributed by atoms with E-state index in [4.69, 9.17) is 9.84 Å². The third kappa shape index (κ3) is 8.64. The highest BCUT2D eigenvalue weighted by atomic mass is 16.5. The lowest BCUT2D eigenvalue weighted by Gasteiger charge is -2.24. The molecule has 1 heterocycles. The van der Waals surface area contributed by atoms with Gasteiger partial charge in [0.05, 0.1) is 11.6 Å². The van der Waals surface area contributed by atoms with Crippen molar-refractivity contribution in [2.75, 3.05) is 13.2 Å². The fraction of sp³-hybridized carbons (Fsp3) is 0.818. The topological polar surface area (TPSA) is 93.7 Å². The number of nitrogens with zero attached hydrogens (tertiary/aromatic N) is 2. The Morgan fingerprint density at radius 3 is 2.14 bits per heavy atom. The summed E-state index contributed by atoms with van der Waals surface area (Å²) in [4.78, 5) is 23.2. The molecule has 0 amide bonds. The predicted octanol–water partition coefficient (Wildman–Crippen LogP) is 4.26. The molecule has 1 aromatic heterocycles. The van der Waals surface area contributed by atoms with E-state index in [1.807, 2.05) is 6.92 Å². The summed E-state index contributed by atoms with van der Waals surface area (Å²) in [5.74, 6) is -0.711. The number of rotatable bonds is 15. The second-order valence-corrected chi connectivity index (χ2v) is 9.34. The Kier molecular flexibility index (Phi) is 9.96. The molecule has 29 heavy (non-hydrogen) atoms. The number of aromatic hydroxyl groups is 1. The second-order valence-electron chi connectivity index (χ2n) is 9.34. The minimum Gasteiger partial charge on any atom is -0.493 e. The van der Waals surface area contributed by atoms with Crippen LogP contribution in [0.4, 0.5) is 0 Å². The van der Waals surface area contributed by atoms with Crippen molar-refractivity contribution in [3.8, 4) is 5.88 Å². The minimum atomic E-state index is -0.746. The maximum atomic E-state index is 12.2. The molecule has 0 unspecified atom stereocenters. The number of ether oxygens (including phenoxy) is 1. The Hall–Kier alpha value is -1.76. The second kappa shape index (κ2) is 11.4. The van der Waals surface area contributed by atoms with Crippen LogP contribution in [0.5, 0.6) is 5.88 Å². The van der Waals surface area contributed by atoms with Gasteiger partial charge in [0, 0.05) is 26.3 Å². The average Bonchev–Trinajstić information content (AvgIpc) is 2.91. The highest BCUT2D eigenvalue weighted by Gasteiger charge is 2.26. The number of aryl methyl sites for hydroxylation is 1. The van der Waals surface area contributed by atoms with Gasteiger partial charge in [-0.3, -0.25) is 13.9 Å². The molecule has 0 atom stereocenters. The van der Waals surface area contributed by atoms with Crippen LogP contribution in [0.2, 0.25) is 0 Å². The van der Waals surface area contributed by atoms with Gasteiger partial charge in [-0.1, -0.05) is 26.7 Å². The number of hydrogen-bond acceptors (Lipinski definition) is 4. The van der Waals surface area contributed by atoms with Gasteiger partial charge < -0.3 is 14.9 Å². The van der Waals surface area contributed by atoms with E-state index in [1.165, 1.54) is 15.3 Å². The van der Waals surface area contributed by atoms with E-state index in [2.05, 4.69) is 13.8 Å². The molecule has 0 aliphatic rings. The number of carboxylic acids is 1. The predicted molar refractivity (Wildman–Crippen MR) is 114 cm³/mol. The Morgan fingerprint density at radius 1 is 1.03 bits per heavy atom. The first-order valence-electron chi connectivity index (χ1n) is 10.8. The van der Waals surface area contributed by atoms with Gasteiger partial charge in [0.15, 0.2) is 0 Å². The van der Waals surface area contributed by atoms with Crippen LogP contribution >= 0.6 is 0 Å². The first-order chi connectivity index (χ1) is 13.5. The molecule has 0 bridgehead atoms. The van der Waals surface area contributed by atoms with Gasteiger partial charge in [0.25, 0.3) is 0 Å². The van der Waals surface area contributed by atoms with Crippen LogP contribution in [-0.4, -0.2) is 38.5 Å². The van der Waals surface area contributed by atoms with Crippen molar-refractivity contribution in [3.05, 3.63) is 16.7 Å². The van der Waals surface area contributed by atoms with Gasteiger partial charge in [-0.15, -0.1) is 0 Å². The molecule has 2 N–H and O–H groups in total. The molecule has 0 aromatic carbocycles. The number of carboxylic acid groups (broad SMARTS) is 1. The first kappa shape index (κ1) is 25.3. The van der Waals surface area contributed by atoms with Gasteiger partial charge in [-0.05, 0) is 58.3 Å². The fourth-order valence-electron chi connectivity index (χ4n) is 3.28. The monoisotopic (exact) mass is 412 g/mol. The normalized spacial score (nSPS) is 12.4. The highest BCUT2D eigenvalue weighted by Crippen LogP contribution is 2.28. The molecule has 0 aliphatic carbocycles. The standard InChI is InChI=1S/C22H40N2O5/c1-6-23-17-18(25)24(20(23)28)14-13-21(2,3)11-7-9-15-29-16-10-8-12-22(4,5)19(26)27/h17,25H,6-16H2,1-5H3,(H,26,27). The number of imidazole rings is 1. The summed E-state index contributed by atoms with van der Waals surface area (Å²) in [6.07, 6.45) is 7.81. The number of carbonyl (C=O) groups is 1. The zero-order valence-corrected chi connectivity index (χ0v) is 18.9. The van der Waals surface area contributed by atoms with Crippen molar-refractivity contribution in [1.82, 2.24) is 9.13 Å². The van der Waals surface area contributed by atoms with Crippen molar-refractivity contribution in [2.45, 2.75) is 92.7 Å². The maximum absolute atomic E-state index is 12.2. The van der Waals surface area contributed by atoms with Gasteiger partial charge >= 0.3 is 11.7 Å². The summed E-state index contributed by atoms with van der Waals surface area (Å²) in [7, 11) is 0. The third-order valence-electron chi connectivity index (χ3n) is 5.69. The average molecular weight is 413 g/mol. The summed E-state index contributed by atoms with van der Waals surface area (Å²) < 4.78 is 8.63. The van der Waals surface area contributed by atoms with Crippen LogP contribution in [0.15, 0.2) is 11.0 Å². The Balaban J connectivity index is 2.17. The molecular weight excluding hydrogens is 372 g/mol. The van der Waals surface area contributed by atoms with E-state index in [0.717, 1.165) is 45.1 Å². The highest BCUT2D eigenvalue weighted by molar-refractivity contribution is 5.73. The molecule has 0 aliphatic heterocycles. The lowest BCUT2D eigenvalue weighted by Crippen LogP contribution is -2.26. The molecule has 1 aromatic rings. The Morgan fingerprint density at radius 2 is 1.62 bits per heavy atom. The van der Waals surface area contributed by atoms with E-state index < -0.39 is 11.4 Å². The summed E-state index contributed by atoms with van der Waals surface area (Å²) in [6.45, 7) is 12.3. The van der Waals surface area contributed by atoms with E-state index in [1.54, 1.807) is 13.8 Å². The zero-order valence-electron chi connectivity index (χ0n) is 18.9. The van der Waals surface area contributed by atoms with Crippen molar-refractivity contribution in [2.24, 2.45) is 10.8 Å². The molecule has 7 heteroatoms. The van der Waals surface area contributed by atoms with E-state index in [0.29, 0.717) is 26.1 Å². The van der Waals surface area contributed by atoms with Crippen LogP contribution in [0.3, 0.4) is 0 Å². The molecule has 0 fully saturated rings. The molecule has 168 valence electrons. The fourth-order valence-corrected chi connectivity index (χ4v) is 3.28. The van der Waals surface area contributed by atoms with Crippen molar-refractivity contribution in [1.29, 1.82) is 0 Å². The van der Waals surface area contributed by atoms with Crippen molar-refractivity contribution >= 4 is 5.97 Å². The summed E-state index contributed by atoms with van der Waals surface area (Å²) in [6, 6.07) is 0. The zero-order chi connectivity index (χ0) is 22.1. The molecule has 0 radical (unpaired) electrons. The quantitative estimate of drug-likeness (QED) is 0.420. The van der Waals surface area contributed by atoms with Crippen LogP contribution in [-0.2, 0) is 22.6 Å². The SMILES string of the molecule is CCn1cc(O)n(CCC(C)(C)CCCCOCCCCC(C)(C)C(=O)O)c1=O. The van der Waals surface area contributed by atoms with Crippen LogP contribution in [0.1, 0.15) is 79.6 Å². The van der Waals surface area contributed by atoms with Crippen LogP contribution in [0.25, 0.3) is 0 Å². The van der Waals surface area contributed by atoms with Gasteiger partial charge in [-0.2, -0.15) is 0 Å². The molecule has 7 nitrogen and oxygen atoms in total. The van der Waals surface area contributed by atoms with E-state index >= 15 is 0 Å². The van der Waals surface area contributed by atoms with Crippen molar-refractivity contribution < 1.29 is 19.7 Å². The van der Waals surface area contributed by atoms with Crippen molar-refractivity contribution in [3.63, 3.8) is 0 Å². The minimum absolute atomic E-state index is 0.0350. The summed E-state index contributed by atoms with van der Waals surface area (Å²) >= 11 is 0. The first-order valence-corrected chi connectivity index (χ1v) is 10.8. The van der Waals surface area contributed by atoms with Crippen LogP contribution < -0.4 is 5.69 Å². The van der Waals surface area contributed by atoms with Crippen LogP contribution in [0, 0.1) is 10.8 Å². The third-order valence-corrected chi connectivity index (χ3v) is 5.69. The van der Waals surface area contributed by atoms with Gasteiger partial charge in [-0.25, -0.2) is 4.79 Å². The summed E-state index contributed by atoms with van der Waals surface area (Å²) in [5, 5.41) is 19.0. The molecule has 0 saturated heterocycles. The van der Waals surface area contributed by atoms with E-state index in [9.17, 15) is 14.7 Å². The number of hydrogen-bond donors (Lipinski definition) is 2. The smallest absolute Gasteiger partial charge is 0.331 e. The molecule has 0 saturated carbocycles. The molecule has 0 spiro atoms. The lowest BCUT2D eigenvalue weighted by atomic mass is 9.84. The number of aromatic nitrogens is 2. The largest absolute Gasteiger partial charge is 0.493 e. The van der Waals surface area contributed by atoms with Gasteiger partial charge in [0.1, 0.15) is 0 Å². The Labute approximate surface area is 174 Å². The Bertz CT molecular complexity index is 688. The molecule has 1 rings (SSSR count). The number of aliphatic carboxylic acids is 1.